The molecule has 3 rings (SSSR count). The van der Waals surface area contributed by atoms with Crippen LogP contribution in [-0.4, -0.2) is 34.9 Å². The van der Waals surface area contributed by atoms with E-state index in [2.05, 4.69) is 27.3 Å². The molecular formula is C17H28N4OS. The van der Waals surface area contributed by atoms with Crippen LogP contribution >= 0.6 is 11.3 Å². The molecule has 6 heteroatoms. The fraction of sp³-hybridized carbons (Fsp3) is 0.765. The summed E-state index contributed by atoms with van der Waals surface area (Å²) >= 11 is 1.76. The summed E-state index contributed by atoms with van der Waals surface area (Å²) in [7, 11) is 0. The van der Waals surface area contributed by atoms with Crippen molar-refractivity contribution >= 4 is 17.2 Å². The molecule has 1 aliphatic heterocycles. The van der Waals surface area contributed by atoms with Crippen molar-refractivity contribution in [3.63, 3.8) is 0 Å². The minimum absolute atomic E-state index is 0.416. The van der Waals surface area contributed by atoms with Gasteiger partial charge in [-0.3, -0.25) is 4.90 Å². The van der Waals surface area contributed by atoms with E-state index in [-0.39, 0.29) is 0 Å². The molecule has 1 aliphatic carbocycles. The number of hydrogen-bond acceptors (Lipinski definition) is 5. The molecule has 0 aromatic carbocycles. The summed E-state index contributed by atoms with van der Waals surface area (Å²) in [5, 5.41) is 7.43. The van der Waals surface area contributed by atoms with E-state index in [1.165, 1.54) is 50.0 Å². The summed E-state index contributed by atoms with van der Waals surface area (Å²) in [6.07, 6.45) is 9.06. The molecule has 23 heavy (non-hydrogen) atoms. The molecule has 1 aromatic heterocycles. The van der Waals surface area contributed by atoms with Gasteiger partial charge in [-0.2, -0.15) is 0 Å². The number of thiazole rings is 1. The number of rotatable bonds is 6. The zero-order valence-corrected chi connectivity index (χ0v) is 14.9. The van der Waals surface area contributed by atoms with Gasteiger partial charge in [0.15, 0.2) is 12.4 Å². The minimum Gasteiger partial charge on any atom is -0.388 e. The van der Waals surface area contributed by atoms with Gasteiger partial charge in [0.25, 0.3) is 0 Å². The molecular weight excluding hydrogens is 308 g/mol. The van der Waals surface area contributed by atoms with Crippen molar-refractivity contribution in [3.8, 4) is 0 Å². The van der Waals surface area contributed by atoms with E-state index in [1.54, 1.807) is 11.3 Å². The molecule has 0 spiro atoms. The molecule has 1 atom stereocenters. The van der Waals surface area contributed by atoms with Gasteiger partial charge in [0.1, 0.15) is 0 Å². The minimum atomic E-state index is 0.416. The maximum atomic E-state index is 6.00. The first-order chi connectivity index (χ1) is 11.2. The van der Waals surface area contributed by atoms with Crippen molar-refractivity contribution < 1.29 is 4.84 Å². The molecule has 2 fully saturated rings. The highest BCUT2D eigenvalue weighted by Gasteiger charge is 2.20. The van der Waals surface area contributed by atoms with Gasteiger partial charge in [-0.15, -0.1) is 11.3 Å². The van der Waals surface area contributed by atoms with Crippen LogP contribution in [0.4, 0.5) is 0 Å². The molecule has 2 N–H and O–H groups in total. The smallest absolute Gasteiger partial charge is 0.160 e. The molecule has 1 saturated heterocycles. The molecule has 0 bridgehead atoms. The van der Waals surface area contributed by atoms with Gasteiger partial charge in [-0.1, -0.05) is 24.4 Å². The first-order valence-corrected chi connectivity index (χ1v) is 9.73. The van der Waals surface area contributed by atoms with Crippen LogP contribution in [0, 0.1) is 0 Å². The number of likely N-dealkylation sites (tertiary alicyclic amines) is 1. The lowest BCUT2D eigenvalue weighted by Crippen LogP contribution is -2.42. The Balaban J connectivity index is 1.44. The van der Waals surface area contributed by atoms with Crippen LogP contribution in [0.2, 0.25) is 0 Å². The maximum Gasteiger partial charge on any atom is 0.160 e. The monoisotopic (exact) mass is 336 g/mol. The predicted octanol–water partition coefficient (Wildman–Crippen LogP) is 3.46. The van der Waals surface area contributed by atoms with E-state index < -0.39 is 0 Å². The summed E-state index contributed by atoms with van der Waals surface area (Å²) in [6.45, 7) is 4.48. The van der Waals surface area contributed by atoms with Crippen molar-refractivity contribution in [2.75, 3.05) is 13.1 Å². The number of nitrogens with zero attached hydrogens (tertiary/aromatic N) is 3. The van der Waals surface area contributed by atoms with E-state index in [0.717, 1.165) is 12.2 Å². The summed E-state index contributed by atoms with van der Waals surface area (Å²) in [5.74, 6) is 1.23. The molecule has 2 aliphatic rings. The average Bonchev–Trinajstić information content (AvgIpc) is 3.20. The third-order valence-electron chi connectivity index (χ3n) is 4.97. The number of oxime groups is 1. The highest BCUT2D eigenvalue weighted by Crippen LogP contribution is 2.35. The van der Waals surface area contributed by atoms with Crippen LogP contribution in [-0.2, 0) is 11.4 Å². The van der Waals surface area contributed by atoms with Gasteiger partial charge in [0.2, 0.25) is 0 Å². The van der Waals surface area contributed by atoms with E-state index in [4.69, 9.17) is 10.6 Å². The SMILES string of the molecule is CC1CCCCN1CC(N)=NOCc1csc(C2CCCC2)n1. The van der Waals surface area contributed by atoms with Gasteiger partial charge < -0.3 is 10.6 Å². The highest BCUT2D eigenvalue weighted by atomic mass is 32.1. The highest BCUT2D eigenvalue weighted by molar-refractivity contribution is 7.09. The molecule has 2 heterocycles. The Labute approximate surface area is 142 Å². The normalized spacial score (nSPS) is 24.2. The van der Waals surface area contributed by atoms with Gasteiger partial charge >= 0.3 is 0 Å². The molecule has 128 valence electrons. The number of amidine groups is 1. The molecule has 1 saturated carbocycles. The van der Waals surface area contributed by atoms with Crippen LogP contribution in [0.1, 0.15) is 68.5 Å². The van der Waals surface area contributed by atoms with Crippen LogP contribution in [0.5, 0.6) is 0 Å². The third kappa shape index (κ3) is 4.67. The lowest BCUT2D eigenvalue weighted by molar-refractivity contribution is 0.123. The van der Waals surface area contributed by atoms with Gasteiger partial charge in [0.05, 0.1) is 17.2 Å². The van der Waals surface area contributed by atoms with Crippen LogP contribution in [0.3, 0.4) is 0 Å². The number of hydrogen-bond donors (Lipinski definition) is 1. The molecule has 1 aromatic rings. The summed E-state index contributed by atoms with van der Waals surface area (Å²) in [6, 6.07) is 0.588. The zero-order valence-electron chi connectivity index (χ0n) is 14.0. The van der Waals surface area contributed by atoms with E-state index in [9.17, 15) is 0 Å². The van der Waals surface area contributed by atoms with Gasteiger partial charge in [0, 0.05) is 17.3 Å². The molecule has 0 radical (unpaired) electrons. The van der Waals surface area contributed by atoms with Crippen molar-refractivity contribution in [3.05, 3.63) is 16.1 Å². The Hall–Kier alpha value is -1.14. The molecule has 5 nitrogen and oxygen atoms in total. The fourth-order valence-corrected chi connectivity index (χ4v) is 4.54. The quantitative estimate of drug-likeness (QED) is 0.491. The Morgan fingerprint density at radius 1 is 1.35 bits per heavy atom. The van der Waals surface area contributed by atoms with Crippen molar-refractivity contribution in [1.29, 1.82) is 0 Å². The number of nitrogens with two attached hydrogens (primary N) is 1. The van der Waals surface area contributed by atoms with Gasteiger partial charge in [-0.05, 0) is 39.2 Å². The maximum absolute atomic E-state index is 6.00. The summed E-state index contributed by atoms with van der Waals surface area (Å²) in [4.78, 5) is 12.5. The second-order valence-corrected chi connectivity index (χ2v) is 7.72. The fourth-order valence-electron chi connectivity index (χ4n) is 3.56. The lowest BCUT2D eigenvalue weighted by atomic mass is 10.0. The van der Waals surface area contributed by atoms with E-state index >= 15 is 0 Å². The van der Waals surface area contributed by atoms with Crippen molar-refractivity contribution in [1.82, 2.24) is 9.88 Å². The Bertz CT molecular complexity index is 524. The second-order valence-electron chi connectivity index (χ2n) is 6.83. The Kier molecular flexibility index (Phi) is 5.89. The van der Waals surface area contributed by atoms with Crippen molar-refractivity contribution in [2.24, 2.45) is 10.9 Å². The van der Waals surface area contributed by atoms with Crippen molar-refractivity contribution in [2.45, 2.75) is 70.4 Å². The van der Waals surface area contributed by atoms with E-state index in [1.807, 2.05) is 0 Å². The summed E-state index contributed by atoms with van der Waals surface area (Å²) < 4.78 is 0. The largest absolute Gasteiger partial charge is 0.388 e. The van der Waals surface area contributed by atoms with E-state index in [0.29, 0.717) is 30.9 Å². The topological polar surface area (TPSA) is 63.7 Å². The summed E-state index contributed by atoms with van der Waals surface area (Å²) in [5.41, 5.74) is 6.97. The van der Waals surface area contributed by atoms with Crippen LogP contribution in [0.15, 0.2) is 10.5 Å². The Morgan fingerprint density at radius 3 is 2.91 bits per heavy atom. The molecule has 1 unspecified atom stereocenters. The standard InChI is InChI=1S/C17H28N4OS/c1-13-6-4-5-9-21(13)10-16(18)20-22-11-15-12-23-17(19-15)14-7-2-3-8-14/h12-14H,2-11H2,1H3,(H2,18,20). The Morgan fingerprint density at radius 2 is 2.13 bits per heavy atom. The first kappa shape index (κ1) is 16.7. The zero-order chi connectivity index (χ0) is 16.1. The number of aromatic nitrogens is 1. The third-order valence-corrected chi connectivity index (χ3v) is 6.03. The number of piperidine rings is 1. The first-order valence-electron chi connectivity index (χ1n) is 8.85. The second kappa shape index (κ2) is 8.11. The van der Waals surface area contributed by atoms with Crippen LogP contribution < -0.4 is 5.73 Å². The van der Waals surface area contributed by atoms with Crippen LogP contribution in [0.25, 0.3) is 0 Å². The predicted molar refractivity (Wildman–Crippen MR) is 94.6 cm³/mol. The van der Waals surface area contributed by atoms with Gasteiger partial charge in [-0.25, -0.2) is 4.98 Å². The lowest BCUT2D eigenvalue weighted by Gasteiger charge is -2.32. The molecule has 0 amide bonds. The average molecular weight is 337 g/mol.